The highest BCUT2D eigenvalue weighted by molar-refractivity contribution is 5.83. The molecule has 0 unspecified atom stereocenters. The van der Waals surface area contributed by atoms with Gasteiger partial charge in [-0.2, -0.15) is 0 Å². The van der Waals surface area contributed by atoms with E-state index >= 15 is 0 Å². The van der Waals surface area contributed by atoms with Gasteiger partial charge in [-0.1, -0.05) is 18.2 Å². The summed E-state index contributed by atoms with van der Waals surface area (Å²) in [6.07, 6.45) is 1.15. The molecule has 0 saturated carbocycles. The van der Waals surface area contributed by atoms with Crippen molar-refractivity contribution in [2.75, 3.05) is 20.1 Å². The first-order chi connectivity index (χ1) is 9.24. The molecule has 3 nitrogen and oxygen atoms in total. The number of rotatable bonds is 6. The summed E-state index contributed by atoms with van der Waals surface area (Å²) in [7, 11) is 1.99. The number of hydrogen-bond donors (Lipinski definition) is 2. The Morgan fingerprint density at radius 2 is 1.89 bits per heavy atom. The second kappa shape index (κ2) is 6.64. The molecule has 0 fully saturated rings. The predicted molar refractivity (Wildman–Crippen MR) is 81.5 cm³/mol. The second-order valence-electron chi connectivity index (χ2n) is 4.95. The van der Waals surface area contributed by atoms with Crippen LogP contribution in [0.2, 0.25) is 0 Å². The molecule has 0 spiro atoms. The SMILES string of the molecule is CNCCCNCc1c(C)c(C)nc2ccccc12. The summed E-state index contributed by atoms with van der Waals surface area (Å²) < 4.78 is 0. The van der Waals surface area contributed by atoms with E-state index in [1.165, 1.54) is 16.5 Å². The molecule has 0 aliphatic carbocycles. The van der Waals surface area contributed by atoms with E-state index in [0.29, 0.717) is 0 Å². The molecule has 1 aromatic carbocycles. The summed E-state index contributed by atoms with van der Waals surface area (Å²) in [5.74, 6) is 0. The lowest BCUT2D eigenvalue weighted by atomic mass is 10.0. The van der Waals surface area contributed by atoms with E-state index in [-0.39, 0.29) is 0 Å². The molecule has 102 valence electrons. The molecule has 0 aliphatic rings. The Kier molecular flexibility index (Phi) is 4.88. The number of pyridine rings is 1. The summed E-state index contributed by atoms with van der Waals surface area (Å²) in [4.78, 5) is 4.66. The zero-order chi connectivity index (χ0) is 13.7. The lowest BCUT2D eigenvalue weighted by Crippen LogP contribution is -2.20. The van der Waals surface area contributed by atoms with E-state index in [1.807, 2.05) is 13.1 Å². The summed E-state index contributed by atoms with van der Waals surface area (Å²) in [5, 5.41) is 7.97. The van der Waals surface area contributed by atoms with Crippen molar-refractivity contribution >= 4 is 10.9 Å². The zero-order valence-corrected chi connectivity index (χ0v) is 12.1. The van der Waals surface area contributed by atoms with Crippen LogP contribution in [0, 0.1) is 13.8 Å². The van der Waals surface area contributed by atoms with E-state index in [4.69, 9.17) is 0 Å². The van der Waals surface area contributed by atoms with Gasteiger partial charge in [0.15, 0.2) is 0 Å². The van der Waals surface area contributed by atoms with Crippen LogP contribution < -0.4 is 10.6 Å². The minimum atomic E-state index is 0.916. The monoisotopic (exact) mass is 257 g/mol. The molecule has 0 saturated heterocycles. The van der Waals surface area contributed by atoms with Gasteiger partial charge in [0.25, 0.3) is 0 Å². The van der Waals surface area contributed by atoms with Gasteiger partial charge < -0.3 is 10.6 Å². The maximum absolute atomic E-state index is 4.66. The highest BCUT2D eigenvalue weighted by Crippen LogP contribution is 2.22. The summed E-state index contributed by atoms with van der Waals surface area (Å²) in [6, 6.07) is 8.39. The Labute approximate surface area is 115 Å². The van der Waals surface area contributed by atoms with Crippen LogP contribution in [-0.2, 0) is 6.54 Å². The van der Waals surface area contributed by atoms with Crippen LogP contribution in [0.5, 0.6) is 0 Å². The molecule has 3 heteroatoms. The van der Waals surface area contributed by atoms with Crippen LogP contribution in [0.25, 0.3) is 10.9 Å². The molecule has 0 aliphatic heterocycles. The fraction of sp³-hybridized carbons (Fsp3) is 0.438. The fourth-order valence-electron chi connectivity index (χ4n) is 2.34. The maximum Gasteiger partial charge on any atom is 0.0708 e. The van der Waals surface area contributed by atoms with E-state index in [2.05, 4.69) is 47.7 Å². The first-order valence-electron chi connectivity index (χ1n) is 6.94. The minimum Gasteiger partial charge on any atom is -0.320 e. The molecule has 1 heterocycles. The van der Waals surface area contributed by atoms with Crippen molar-refractivity contribution in [3.8, 4) is 0 Å². The average Bonchev–Trinajstić information content (AvgIpc) is 2.42. The molecule has 2 aromatic rings. The van der Waals surface area contributed by atoms with Crippen LogP contribution >= 0.6 is 0 Å². The highest BCUT2D eigenvalue weighted by Gasteiger charge is 2.08. The van der Waals surface area contributed by atoms with Crippen molar-refractivity contribution in [1.29, 1.82) is 0 Å². The standard InChI is InChI=1S/C16H23N3/c1-12-13(2)19-16-8-5-4-7-14(16)15(12)11-18-10-6-9-17-3/h4-5,7-8,17-18H,6,9-11H2,1-3H3. The van der Waals surface area contributed by atoms with Crippen molar-refractivity contribution in [3.63, 3.8) is 0 Å². The summed E-state index contributed by atoms with van der Waals surface area (Å²) >= 11 is 0. The molecular weight excluding hydrogens is 234 g/mol. The predicted octanol–water partition coefficient (Wildman–Crippen LogP) is 2.55. The number of nitrogens with zero attached hydrogens (tertiary/aromatic N) is 1. The molecule has 2 rings (SSSR count). The molecule has 0 amide bonds. The normalized spacial score (nSPS) is 11.1. The maximum atomic E-state index is 4.66. The van der Waals surface area contributed by atoms with Crippen molar-refractivity contribution in [3.05, 3.63) is 41.1 Å². The third-order valence-corrected chi connectivity index (χ3v) is 3.59. The Balaban J connectivity index is 2.18. The second-order valence-corrected chi connectivity index (χ2v) is 4.95. The average molecular weight is 257 g/mol. The van der Waals surface area contributed by atoms with Gasteiger partial charge >= 0.3 is 0 Å². The van der Waals surface area contributed by atoms with Crippen molar-refractivity contribution in [2.45, 2.75) is 26.8 Å². The number of para-hydroxylation sites is 1. The summed E-state index contributed by atoms with van der Waals surface area (Å²) in [6.45, 7) is 7.27. The first kappa shape index (κ1) is 14.0. The molecule has 0 atom stereocenters. The van der Waals surface area contributed by atoms with Crippen molar-refractivity contribution in [1.82, 2.24) is 15.6 Å². The van der Waals surface area contributed by atoms with E-state index < -0.39 is 0 Å². The third kappa shape index (κ3) is 3.31. The van der Waals surface area contributed by atoms with Gasteiger partial charge in [-0.15, -0.1) is 0 Å². The highest BCUT2D eigenvalue weighted by atomic mass is 14.9. The van der Waals surface area contributed by atoms with Crippen molar-refractivity contribution < 1.29 is 0 Å². The van der Waals surface area contributed by atoms with Crippen LogP contribution in [-0.4, -0.2) is 25.1 Å². The number of aryl methyl sites for hydroxylation is 1. The number of benzene rings is 1. The Hall–Kier alpha value is -1.45. The van der Waals surface area contributed by atoms with E-state index in [9.17, 15) is 0 Å². The zero-order valence-electron chi connectivity index (χ0n) is 12.1. The summed E-state index contributed by atoms with van der Waals surface area (Å²) in [5.41, 5.74) is 4.91. The van der Waals surface area contributed by atoms with Gasteiger partial charge in [-0.05, 0) is 57.6 Å². The number of aromatic nitrogens is 1. The molecule has 0 bridgehead atoms. The third-order valence-electron chi connectivity index (χ3n) is 3.59. The topological polar surface area (TPSA) is 37.0 Å². The van der Waals surface area contributed by atoms with Gasteiger partial charge in [0.05, 0.1) is 5.52 Å². The van der Waals surface area contributed by atoms with Crippen LogP contribution in [0.4, 0.5) is 0 Å². The molecule has 2 N–H and O–H groups in total. The number of fused-ring (bicyclic) bond motifs is 1. The Morgan fingerprint density at radius 1 is 1.11 bits per heavy atom. The van der Waals surface area contributed by atoms with Gasteiger partial charge in [0.1, 0.15) is 0 Å². The van der Waals surface area contributed by atoms with Crippen LogP contribution in [0.1, 0.15) is 23.2 Å². The van der Waals surface area contributed by atoms with Crippen LogP contribution in [0.15, 0.2) is 24.3 Å². The molecular formula is C16H23N3. The van der Waals surface area contributed by atoms with Gasteiger partial charge in [-0.3, -0.25) is 4.98 Å². The molecule has 1 aromatic heterocycles. The van der Waals surface area contributed by atoms with Crippen molar-refractivity contribution in [2.24, 2.45) is 0 Å². The van der Waals surface area contributed by atoms with Crippen LogP contribution in [0.3, 0.4) is 0 Å². The van der Waals surface area contributed by atoms with Gasteiger partial charge in [0, 0.05) is 17.6 Å². The van der Waals surface area contributed by atoms with E-state index in [1.54, 1.807) is 0 Å². The Bertz CT molecular complexity index is 549. The largest absolute Gasteiger partial charge is 0.320 e. The number of nitrogens with one attached hydrogen (secondary N) is 2. The lowest BCUT2D eigenvalue weighted by Gasteiger charge is -2.13. The minimum absolute atomic E-state index is 0.916. The fourth-order valence-corrected chi connectivity index (χ4v) is 2.34. The Morgan fingerprint density at radius 3 is 2.68 bits per heavy atom. The molecule has 0 radical (unpaired) electrons. The van der Waals surface area contributed by atoms with Gasteiger partial charge in [0.2, 0.25) is 0 Å². The lowest BCUT2D eigenvalue weighted by molar-refractivity contribution is 0.625. The smallest absolute Gasteiger partial charge is 0.0708 e. The van der Waals surface area contributed by atoms with E-state index in [0.717, 1.165) is 37.3 Å². The molecule has 19 heavy (non-hydrogen) atoms. The quantitative estimate of drug-likeness (QED) is 0.781. The van der Waals surface area contributed by atoms with Gasteiger partial charge in [-0.25, -0.2) is 0 Å². The first-order valence-corrected chi connectivity index (χ1v) is 6.94. The number of hydrogen-bond acceptors (Lipinski definition) is 3.